The van der Waals surface area contributed by atoms with E-state index in [1.807, 2.05) is 36.9 Å². The van der Waals surface area contributed by atoms with Crippen LogP contribution in [0.3, 0.4) is 0 Å². The summed E-state index contributed by atoms with van der Waals surface area (Å²) in [5.41, 5.74) is 2.00. The molecule has 0 spiro atoms. The molecule has 0 radical (unpaired) electrons. The summed E-state index contributed by atoms with van der Waals surface area (Å²) in [6, 6.07) is 7.79. The fourth-order valence-electron chi connectivity index (χ4n) is 3.91. The van der Waals surface area contributed by atoms with Gasteiger partial charge in [0.2, 0.25) is 0 Å². The molecular formula is C20H28N2O3S. The summed E-state index contributed by atoms with van der Waals surface area (Å²) < 4.78 is 0. The van der Waals surface area contributed by atoms with Gasteiger partial charge in [-0.15, -0.1) is 0 Å². The van der Waals surface area contributed by atoms with Crippen molar-refractivity contribution in [1.29, 1.82) is 0 Å². The van der Waals surface area contributed by atoms with Crippen molar-refractivity contribution in [2.45, 2.75) is 50.0 Å². The lowest BCUT2D eigenvalue weighted by Gasteiger charge is -2.34. The average molecular weight is 377 g/mol. The molecule has 142 valence electrons. The van der Waals surface area contributed by atoms with Crippen molar-refractivity contribution in [1.82, 2.24) is 4.90 Å². The van der Waals surface area contributed by atoms with Crippen LogP contribution in [-0.2, 0) is 10.5 Å². The van der Waals surface area contributed by atoms with Gasteiger partial charge in [-0.05, 0) is 42.9 Å². The third kappa shape index (κ3) is 5.16. The number of hydrogen-bond donors (Lipinski definition) is 2. The molecule has 1 aromatic rings. The maximum Gasteiger partial charge on any atom is 0.321 e. The molecule has 0 aromatic heterocycles. The second kappa shape index (κ2) is 8.80. The minimum atomic E-state index is -0.819. The molecule has 1 saturated carbocycles. The van der Waals surface area contributed by atoms with Crippen LogP contribution in [0, 0.1) is 11.8 Å². The third-order valence-electron chi connectivity index (χ3n) is 5.26. The van der Waals surface area contributed by atoms with Crippen LogP contribution >= 0.6 is 11.8 Å². The summed E-state index contributed by atoms with van der Waals surface area (Å²) in [6.45, 7) is 2.88. The number of thioether (sulfide) groups is 1. The first-order valence-electron chi connectivity index (χ1n) is 9.50. The Balaban J connectivity index is 1.56. The number of likely N-dealkylation sites (tertiary alicyclic amines) is 1. The van der Waals surface area contributed by atoms with E-state index >= 15 is 0 Å². The molecule has 1 saturated heterocycles. The fourth-order valence-corrected chi connectivity index (χ4v) is 5.18. The number of urea groups is 1. The number of aliphatic carboxylic acids is 1. The smallest absolute Gasteiger partial charge is 0.321 e. The van der Waals surface area contributed by atoms with E-state index in [0.717, 1.165) is 16.7 Å². The van der Waals surface area contributed by atoms with Crippen LogP contribution in [0.2, 0.25) is 0 Å². The molecule has 2 atom stereocenters. The standard InChI is InChI=1S/C20H28N2O3S/c1-14-9-16(19(23)24)12-22(11-14)20(25)21-17-6-4-5-15(10-17)13-26-18-7-2-3-8-18/h4-6,10,14,16,18H,2-3,7-9,11-13H2,1H3,(H,21,25)(H,23,24). The van der Waals surface area contributed by atoms with Gasteiger partial charge in [-0.25, -0.2) is 4.79 Å². The van der Waals surface area contributed by atoms with E-state index in [0.29, 0.717) is 13.0 Å². The van der Waals surface area contributed by atoms with E-state index in [1.54, 1.807) is 4.90 Å². The lowest BCUT2D eigenvalue weighted by atomic mass is 9.91. The summed E-state index contributed by atoms with van der Waals surface area (Å²) in [6.07, 6.45) is 5.96. The number of rotatable bonds is 5. The average Bonchev–Trinajstić information content (AvgIpc) is 3.13. The van der Waals surface area contributed by atoms with Crippen molar-refractivity contribution in [2.24, 2.45) is 11.8 Å². The van der Waals surface area contributed by atoms with Gasteiger partial charge in [-0.1, -0.05) is 31.9 Å². The molecule has 5 nitrogen and oxygen atoms in total. The molecule has 1 aliphatic heterocycles. The molecule has 3 rings (SSSR count). The summed E-state index contributed by atoms with van der Waals surface area (Å²) in [4.78, 5) is 25.5. The number of benzene rings is 1. The molecule has 26 heavy (non-hydrogen) atoms. The molecule has 1 aliphatic carbocycles. The van der Waals surface area contributed by atoms with Crippen LogP contribution in [0.25, 0.3) is 0 Å². The Morgan fingerprint density at radius 1 is 1.27 bits per heavy atom. The summed E-state index contributed by atoms with van der Waals surface area (Å²) >= 11 is 2.01. The van der Waals surface area contributed by atoms with E-state index in [-0.39, 0.29) is 18.5 Å². The maximum absolute atomic E-state index is 12.6. The van der Waals surface area contributed by atoms with Gasteiger partial charge >= 0.3 is 12.0 Å². The molecule has 1 heterocycles. The number of nitrogens with zero attached hydrogens (tertiary/aromatic N) is 1. The van der Waals surface area contributed by atoms with E-state index < -0.39 is 11.9 Å². The van der Waals surface area contributed by atoms with Gasteiger partial charge in [0.1, 0.15) is 0 Å². The van der Waals surface area contributed by atoms with Gasteiger partial charge in [0, 0.05) is 29.8 Å². The first kappa shape index (κ1) is 19.1. The lowest BCUT2D eigenvalue weighted by Crippen LogP contribution is -2.47. The monoisotopic (exact) mass is 376 g/mol. The van der Waals surface area contributed by atoms with Crippen LogP contribution in [0.15, 0.2) is 24.3 Å². The van der Waals surface area contributed by atoms with Crippen molar-refractivity contribution in [2.75, 3.05) is 18.4 Å². The van der Waals surface area contributed by atoms with Crippen molar-refractivity contribution < 1.29 is 14.7 Å². The van der Waals surface area contributed by atoms with Crippen molar-refractivity contribution in [3.8, 4) is 0 Å². The first-order valence-corrected chi connectivity index (χ1v) is 10.6. The Kier molecular flexibility index (Phi) is 6.46. The summed E-state index contributed by atoms with van der Waals surface area (Å²) in [7, 11) is 0. The SMILES string of the molecule is CC1CC(C(=O)O)CN(C(=O)Nc2cccc(CSC3CCCC3)c2)C1. The largest absolute Gasteiger partial charge is 0.481 e. The number of hydrogen-bond acceptors (Lipinski definition) is 3. The molecule has 0 bridgehead atoms. The molecular weight excluding hydrogens is 348 g/mol. The van der Waals surface area contributed by atoms with Crippen LogP contribution in [-0.4, -0.2) is 40.3 Å². The minimum absolute atomic E-state index is 0.199. The topological polar surface area (TPSA) is 69.6 Å². The number of carbonyl (C=O) groups excluding carboxylic acids is 1. The van der Waals surface area contributed by atoms with Gasteiger partial charge in [0.25, 0.3) is 0 Å². The van der Waals surface area contributed by atoms with Gasteiger partial charge in [-0.2, -0.15) is 11.8 Å². The zero-order valence-corrected chi connectivity index (χ0v) is 16.1. The molecule has 2 fully saturated rings. The number of anilines is 1. The van der Waals surface area contributed by atoms with Gasteiger partial charge in [0.05, 0.1) is 5.92 Å². The van der Waals surface area contributed by atoms with Crippen molar-refractivity contribution in [3.63, 3.8) is 0 Å². The number of carboxylic acid groups (broad SMARTS) is 1. The van der Waals surface area contributed by atoms with E-state index in [4.69, 9.17) is 0 Å². The molecule has 2 N–H and O–H groups in total. The molecule has 2 aliphatic rings. The molecule has 6 heteroatoms. The highest BCUT2D eigenvalue weighted by molar-refractivity contribution is 7.99. The van der Waals surface area contributed by atoms with Gasteiger partial charge < -0.3 is 15.3 Å². The number of carboxylic acids is 1. The number of carbonyl (C=O) groups is 2. The van der Waals surface area contributed by atoms with Crippen molar-refractivity contribution in [3.05, 3.63) is 29.8 Å². The number of nitrogens with one attached hydrogen (secondary N) is 1. The van der Waals surface area contributed by atoms with Crippen LogP contribution in [0.1, 0.15) is 44.6 Å². The van der Waals surface area contributed by atoms with Gasteiger partial charge in [0.15, 0.2) is 0 Å². The lowest BCUT2D eigenvalue weighted by molar-refractivity contribution is -0.143. The molecule has 2 amide bonds. The minimum Gasteiger partial charge on any atom is -0.481 e. The Morgan fingerprint density at radius 3 is 2.77 bits per heavy atom. The predicted molar refractivity (Wildman–Crippen MR) is 105 cm³/mol. The highest BCUT2D eigenvalue weighted by atomic mass is 32.2. The Bertz CT molecular complexity index is 646. The van der Waals surface area contributed by atoms with Crippen LogP contribution < -0.4 is 5.32 Å². The number of piperidine rings is 1. The number of amides is 2. The highest BCUT2D eigenvalue weighted by Crippen LogP contribution is 2.32. The van der Waals surface area contributed by atoms with Gasteiger partial charge in [-0.3, -0.25) is 4.79 Å². The van der Waals surface area contributed by atoms with E-state index in [1.165, 1.54) is 31.2 Å². The fraction of sp³-hybridized carbons (Fsp3) is 0.600. The summed E-state index contributed by atoms with van der Waals surface area (Å²) in [5, 5.41) is 13.0. The van der Waals surface area contributed by atoms with Crippen molar-refractivity contribution >= 4 is 29.4 Å². The van der Waals surface area contributed by atoms with E-state index in [9.17, 15) is 14.7 Å². The third-order valence-corrected chi connectivity index (χ3v) is 6.71. The zero-order valence-electron chi connectivity index (χ0n) is 15.3. The summed E-state index contributed by atoms with van der Waals surface area (Å²) in [5.74, 6) is -0.125. The van der Waals surface area contributed by atoms with Crippen LogP contribution in [0.5, 0.6) is 0 Å². The Hall–Kier alpha value is -1.69. The Morgan fingerprint density at radius 2 is 2.04 bits per heavy atom. The maximum atomic E-state index is 12.6. The predicted octanol–water partition coefficient (Wildman–Crippen LogP) is 4.44. The van der Waals surface area contributed by atoms with Crippen LogP contribution in [0.4, 0.5) is 10.5 Å². The Labute approximate surface area is 159 Å². The quantitative estimate of drug-likeness (QED) is 0.797. The second-order valence-electron chi connectivity index (χ2n) is 7.63. The second-order valence-corrected chi connectivity index (χ2v) is 8.92. The normalized spacial score (nSPS) is 23.8. The highest BCUT2D eigenvalue weighted by Gasteiger charge is 2.31. The van der Waals surface area contributed by atoms with E-state index in [2.05, 4.69) is 11.4 Å². The first-order chi connectivity index (χ1) is 12.5. The molecule has 2 unspecified atom stereocenters. The zero-order chi connectivity index (χ0) is 18.5. The molecule has 1 aromatic carbocycles.